The molecule has 6 rings (SSSR count). The number of ether oxygens (including phenoxy) is 3. The minimum absolute atomic E-state index is 0.00472. The zero-order chi connectivity index (χ0) is 43.8. The fourth-order valence-corrected chi connectivity index (χ4v) is 6.77. The van der Waals surface area contributed by atoms with E-state index in [-0.39, 0.29) is 44.2 Å². The van der Waals surface area contributed by atoms with Crippen molar-refractivity contribution in [2.45, 2.75) is 64.6 Å². The second kappa shape index (κ2) is 21.5. The lowest BCUT2D eigenvalue weighted by Crippen LogP contribution is -2.57. The molecule has 1 aliphatic rings. The molecule has 5 amide bonds. The third-order valence-corrected chi connectivity index (χ3v) is 9.90. The van der Waals surface area contributed by atoms with E-state index in [4.69, 9.17) is 14.2 Å². The van der Waals surface area contributed by atoms with Crippen LogP contribution in [0.5, 0.6) is 5.75 Å². The molecule has 0 radical (unpaired) electrons. The summed E-state index contributed by atoms with van der Waals surface area (Å²) in [6.07, 6.45) is -2.29. The molecule has 320 valence electrons. The number of aryl methyl sites for hydroxylation is 1. The number of hydrogen-bond acceptors (Lipinski definition) is 9. The zero-order valence-corrected chi connectivity index (χ0v) is 34.3. The molecular weight excluding hydrogens is 793 g/mol. The Morgan fingerprint density at radius 1 is 0.710 bits per heavy atom. The molecule has 5 aromatic rings. The number of alkyl carbamates (subject to hydrolysis) is 2. The molecule has 0 aromatic heterocycles. The average Bonchev–Trinajstić information content (AvgIpc) is 3.67. The number of benzene rings is 5. The van der Waals surface area contributed by atoms with Gasteiger partial charge in [-0.05, 0) is 59.7 Å². The Morgan fingerprint density at radius 2 is 1.23 bits per heavy atom. The van der Waals surface area contributed by atoms with Crippen LogP contribution in [0.1, 0.15) is 40.3 Å². The summed E-state index contributed by atoms with van der Waals surface area (Å²) in [6.45, 7) is 3.08. The highest BCUT2D eigenvalue weighted by atomic mass is 16.6. The predicted octanol–water partition coefficient (Wildman–Crippen LogP) is 6.21. The third kappa shape index (κ3) is 12.7. The highest BCUT2D eigenvalue weighted by molar-refractivity contribution is 6.12. The Labute approximate surface area is 359 Å². The predicted molar refractivity (Wildman–Crippen MR) is 231 cm³/mol. The fourth-order valence-electron chi connectivity index (χ4n) is 6.77. The first-order chi connectivity index (χ1) is 30.0. The zero-order valence-electron chi connectivity index (χ0n) is 34.3. The summed E-state index contributed by atoms with van der Waals surface area (Å²) in [5.41, 5.74) is 4.65. The quantitative estimate of drug-likeness (QED) is 0.0487. The highest BCUT2D eigenvalue weighted by Crippen LogP contribution is 2.38. The summed E-state index contributed by atoms with van der Waals surface area (Å²) in [5, 5.41) is 21.6. The molecule has 15 heteroatoms. The molecule has 3 atom stereocenters. The van der Waals surface area contributed by atoms with Crippen LogP contribution < -0.4 is 26.2 Å². The van der Waals surface area contributed by atoms with Crippen LogP contribution in [0.25, 0.3) is 0 Å². The van der Waals surface area contributed by atoms with Gasteiger partial charge in [-0.15, -0.1) is 4.99 Å². The van der Waals surface area contributed by atoms with Crippen LogP contribution in [-0.4, -0.2) is 65.8 Å². The van der Waals surface area contributed by atoms with Crippen LogP contribution in [0.2, 0.25) is 0 Å². The molecule has 0 aliphatic carbocycles. The molecule has 0 spiro atoms. The van der Waals surface area contributed by atoms with Crippen molar-refractivity contribution in [2.75, 3.05) is 11.4 Å². The van der Waals surface area contributed by atoms with E-state index in [0.29, 0.717) is 28.7 Å². The van der Waals surface area contributed by atoms with Gasteiger partial charge >= 0.3 is 18.3 Å². The van der Waals surface area contributed by atoms with E-state index in [1.807, 2.05) is 72.8 Å². The number of carbonyl (C=O) groups is 5. The van der Waals surface area contributed by atoms with E-state index in [9.17, 15) is 29.1 Å². The van der Waals surface area contributed by atoms with E-state index in [0.717, 1.165) is 11.1 Å². The number of anilines is 1. The first kappa shape index (κ1) is 43.9. The van der Waals surface area contributed by atoms with Crippen molar-refractivity contribution in [3.63, 3.8) is 0 Å². The van der Waals surface area contributed by atoms with Gasteiger partial charge in [0, 0.05) is 19.0 Å². The van der Waals surface area contributed by atoms with Crippen molar-refractivity contribution < 1.29 is 43.3 Å². The maximum Gasteiger partial charge on any atom is 0.437 e. The number of fused-ring (bicyclic) bond motifs is 1. The second-order valence-electron chi connectivity index (χ2n) is 14.6. The molecule has 0 saturated heterocycles. The van der Waals surface area contributed by atoms with Crippen LogP contribution >= 0.6 is 0 Å². The van der Waals surface area contributed by atoms with Gasteiger partial charge in [0.2, 0.25) is 17.8 Å². The number of phenols is 1. The van der Waals surface area contributed by atoms with Gasteiger partial charge in [0.25, 0.3) is 0 Å². The molecule has 15 nitrogen and oxygen atoms in total. The summed E-state index contributed by atoms with van der Waals surface area (Å²) in [6, 6.07) is 36.6. The second-order valence-corrected chi connectivity index (χ2v) is 14.6. The number of rotatable bonds is 14. The number of guanidine groups is 1. The van der Waals surface area contributed by atoms with Crippen LogP contribution in [-0.2, 0) is 56.5 Å². The van der Waals surface area contributed by atoms with Crippen LogP contribution in [0.15, 0.2) is 138 Å². The Balaban J connectivity index is 1.18. The lowest BCUT2D eigenvalue weighted by atomic mass is 10.0. The number of phenolic OH excluding ortho intramolecular Hbond substituents is 1. The first-order valence-electron chi connectivity index (χ1n) is 20.0. The number of aromatic hydroxyl groups is 1. The molecular formula is C47H48N6O9. The van der Waals surface area contributed by atoms with Crippen LogP contribution in [0.4, 0.5) is 20.1 Å². The largest absolute Gasteiger partial charge is 0.508 e. The van der Waals surface area contributed by atoms with Crippen molar-refractivity contribution in [3.05, 3.63) is 167 Å². The third-order valence-electron chi connectivity index (χ3n) is 9.90. The summed E-state index contributed by atoms with van der Waals surface area (Å²) in [7, 11) is 0. The van der Waals surface area contributed by atoms with Crippen LogP contribution in [0.3, 0.4) is 0 Å². The number of amides is 5. The van der Waals surface area contributed by atoms with Crippen molar-refractivity contribution in [3.8, 4) is 5.75 Å². The molecule has 0 bridgehead atoms. The lowest BCUT2D eigenvalue weighted by Gasteiger charge is -2.28. The normalized spacial score (nSPS) is 14.1. The van der Waals surface area contributed by atoms with Crippen molar-refractivity contribution in [1.82, 2.24) is 21.3 Å². The molecule has 5 aromatic carbocycles. The topological polar surface area (TPSA) is 197 Å². The number of nitrogens with one attached hydrogen (secondary N) is 4. The van der Waals surface area contributed by atoms with E-state index >= 15 is 0 Å². The SMILES string of the molecule is Cc1cc(O)cc2c1C[C@@H](C(=O)N[C@H](C)C(=O)NCC(Cc1ccccc1)NC(=O)OCc1ccccc1)N2/C(=N/C(=O)OCc1ccccc1)NC(=O)OCc1ccccc1. The van der Waals surface area contributed by atoms with Crippen LogP contribution in [0, 0.1) is 6.92 Å². The van der Waals surface area contributed by atoms with Crippen molar-refractivity contribution in [1.29, 1.82) is 0 Å². The van der Waals surface area contributed by atoms with Gasteiger partial charge in [-0.3, -0.25) is 19.8 Å². The van der Waals surface area contributed by atoms with Gasteiger partial charge in [-0.2, -0.15) is 0 Å². The number of nitrogens with zero attached hydrogens (tertiary/aromatic N) is 2. The van der Waals surface area contributed by atoms with Gasteiger partial charge in [0.1, 0.15) is 37.7 Å². The average molecular weight is 841 g/mol. The molecule has 5 N–H and O–H groups in total. The van der Waals surface area contributed by atoms with Crippen molar-refractivity contribution >= 4 is 41.7 Å². The Hall–Kier alpha value is -7.68. The van der Waals surface area contributed by atoms with E-state index < -0.39 is 54.2 Å². The highest BCUT2D eigenvalue weighted by Gasteiger charge is 2.40. The summed E-state index contributed by atoms with van der Waals surface area (Å²) >= 11 is 0. The monoisotopic (exact) mass is 840 g/mol. The number of hydrogen-bond donors (Lipinski definition) is 5. The molecule has 0 fully saturated rings. The minimum Gasteiger partial charge on any atom is -0.508 e. The van der Waals surface area contributed by atoms with Crippen molar-refractivity contribution in [2.24, 2.45) is 4.99 Å². The van der Waals surface area contributed by atoms with Gasteiger partial charge in [-0.25, -0.2) is 14.4 Å². The minimum atomic E-state index is -1.18. The maximum atomic E-state index is 14.3. The standard InChI is InChI=1S/C47H48N6O9/c1-31-23-38(54)25-40-39(31)26-41(53(40)44(51-46(58)61-29-35-19-11-5-12-20-35)52-47(59)62-30-36-21-13-6-14-22-36)43(56)49-32(2)42(55)48-27-37(24-33-15-7-3-8-16-33)50-45(57)60-28-34-17-9-4-10-18-34/h3-23,25,32,37,41,54H,24,26-30H2,1-2H3,(H,48,55)(H,49,56)(H,50,57)(H,51,52,58,59)/t32-,37?,41+/m1/s1. The lowest BCUT2D eigenvalue weighted by molar-refractivity contribution is -0.129. The van der Waals surface area contributed by atoms with Gasteiger partial charge in [-0.1, -0.05) is 121 Å². The summed E-state index contributed by atoms with van der Waals surface area (Å²) in [5.74, 6) is -1.75. The smallest absolute Gasteiger partial charge is 0.437 e. The Bertz CT molecular complexity index is 2350. The number of aliphatic imine (C=N–C) groups is 1. The van der Waals surface area contributed by atoms with E-state index in [2.05, 4.69) is 26.3 Å². The molecule has 1 heterocycles. The van der Waals surface area contributed by atoms with Gasteiger partial charge < -0.3 is 35.3 Å². The molecule has 1 aliphatic heterocycles. The summed E-state index contributed by atoms with van der Waals surface area (Å²) in [4.78, 5) is 72.7. The maximum absolute atomic E-state index is 14.3. The molecule has 0 saturated carbocycles. The Morgan fingerprint density at radius 3 is 1.79 bits per heavy atom. The van der Waals surface area contributed by atoms with E-state index in [1.54, 1.807) is 55.5 Å². The fraction of sp³-hybridized carbons (Fsp3) is 0.234. The number of carbonyl (C=O) groups excluding carboxylic acids is 5. The summed E-state index contributed by atoms with van der Waals surface area (Å²) < 4.78 is 16.3. The Kier molecular flexibility index (Phi) is 15.2. The van der Waals surface area contributed by atoms with Gasteiger partial charge in [0.15, 0.2) is 0 Å². The first-order valence-corrected chi connectivity index (χ1v) is 20.0. The molecule has 1 unspecified atom stereocenters. The van der Waals surface area contributed by atoms with Gasteiger partial charge in [0.05, 0.1) is 11.7 Å². The van der Waals surface area contributed by atoms with E-state index in [1.165, 1.54) is 24.0 Å². The molecule has 62 heavy (non-hydrogen) atoms.